The van der Waals surface area contributed by atoms with E-state index in [-0.39, 0.29) is 0 Å². The molecule has 0 spiro atoms. The molecular weight excluding hydrogens is 212 g/mol. The molecule has 0 atom stereocenters. The third kappa shape index (κ3) is 1.59. The van der Waals surface area contributed by atoms with Crippen molar-refractivity contribution in [1.29, 1.82) is 0 Å². The van der Waals surface area contributed by atoms with Gasteiger partial charge in [0.25, 0.3) is 0 Å². The number of pyridine rings is 1. The summed E-state index contributed by atoms with van der Waals surface area (Å²) < 4.78 is 0. The fraction of sp³-hybridized carbons (Fsp3) is 0. The fourth-order valence-electron chi connectivity index (χ4n) is 1.82. The Balaban J connectivity index is 2.35. The number of hydrogen-bond donors (Lipinski definition) is 1. The molecule has 0 fully saturated rings. The van der Waals surface area contributed by atoms with E-state index in [0.29, 0.717) is 5.82 Å². The van der Waals surface area contributed by atoms with Crippen molar-refractivity contribution < 1.29 is 0 Å². The highest BCUT2D eigenvalue weighted by atomic mass is 15.1. The molecule has 2 aromatic heterocycles. The van der Waals surface area contributed by atoms with E-state index in [2.05, 4.69) is 15.2 Å². The van der Waals surface area contributed by atoms with E-state index < -0.39 is 0 Å². The smallest absolute Gasteiger partial charge is 0.154 e. The van der Waals surface area contributed by atoms with Crippen LogP contribution in [-0.2, 0) is 0 Å². The lowest BCUT2D eigenvalue weighted by Gasteiger charge is -2.05. The van der Waals surface area contributed by atoms with Crippen molar-refractivity contribution in [2.24, 2.45) is 0 Å². The number of rotatable bonds is 1. The molecule has 0 aliphatic carbocycles. The number of anilines is 1. The minimum Gasteiger partial charge on any atom is -0.382 e. The monoisotopic (exact) mass is 222 g/mol. The number of hydrogen-bond acceptors (Lipinski definition) is 4. The van der Waals surface area contributed by atoms with Gasteiger partial charge in [0, 0.05) is 17.0 Å². The highest BCUT2D eigenvalue weighted by Crippen LogP contribution is 2.26. The number of nitrogens with zero attached hydrogens (tertiary/aromatic N) is 3. The molecule has 0 radical (unpaired) electrons. The number of aromatic nitrogens is 3. The van der Waals surface area contributed by atoms with Crippen LogP contribution in [0.1, 0.15) is 0 Å². The van der Waals surface area contributed by atoms with Crippen LogP contribution in [0.15, 0.2) is 48.7 Å². The molecule has 2 N–H and O–H groups in total. The topological polar surface area (TPSA) is 64.7 Å². The predicted molar refractivity (Wildman–Crippen MR) is 67.2 cm³/mol. The maximum atomic E-state index is 5.81. The maximum Gasteiger partial charge on any atom is 0.154 e. The first-order valence-corrected chi connectivity index (χ1v) is 5.28. The summed E-state index contributed by atoms with van der Waals surface area (Å²) >= 11 is 0. The van der Waals surface area contributed by atoms with Crippen LogP contribution >= 0.6 is 0 Å². The summed E-state index contributed by atoms with van der Waals surface area (Å²) in [5.41, 5.74) is 7.37. The molecular formula is C13H10N4. The van der Waals surface area contributed by atoms with E-state index in [1.807, 2.05) is 42.5 Å². The van der Waals surface area contributed by atoms with Gasteiger partial charge in [0.15, 0.2) is 5.82 Å². The first-order chi connectivity index (χ1) is 8.36. The molecule has 17 heavy (non-hydrogen) atoms. The second-order valence-corrected chi connectivity index (χ2v) is 3.69. The lowest BCUT2D eigenvalue weighted by Crippen LogP contribution is -1.98. The van der Waals surface area contributed by atoms with Gasteiger partial charge in [-0.05, 0) is 12.1 Å². The van der Waals surface area contributed by atoms with Crippen LogP contribution < -0.4 is 5.73 Å². The standard InChI is InChI=1S/C13H10N4/c14-13-10-6-2-1-5-9(10)12(16-17-13)11-7-3-4-8-15-11/h1-8H,(H2,14,17). The Bertz CT molecular complexity index is 665. The van der Waals surface area contributed by atoms with Crippen molar-refractivity contribution >= 4 is 16.6 Å². The third-order valence-corrected chi connectivity index (χ3v) is 2.62. The summed E-state index contributed by atoms with van der Waals surface area (Å²) in [4.78, 5) is 4.29. The highest BCUT2D eigenvalue weighted by molar-refractivity contribution is 5.98. The molecule has 4 nitrogen and oxygen atoms in total. The molecule has 3 rings (SSSR count). The molecule has 2 heterocycles. The first-order valence-electron chi connectivity index (χ1n) is 5.28. The van der Waals surface area contributed by atoms with Crippen LogP contribution in [0.4, 0.5) is 5.82 Å². The molecule has 0 saturated heterocycles. The molecule has 3 aromatic rings. The van der Waals surface area contributed by atoms with Crippen LogP contribution in [0.5, 0.6) is 0 Å². The van der Waals surface area contributed by atoms with Crippen molar-refractivity contribution in [2.75, 3.05) is 5.73 Å². The van der Waals surface area contributed by atoms with Crippen LogP contribution in [0.25, 0.3) is 22.2 Å². The summed E-state index contributed by atoms with van der Waals surface area (Å²) in [7, 11) is 0. The highest BCUT2D eigenvalue weighted by Gasteiger charge is 2.08. The molecule has 0 aliphatic heterocycles. The van der Waals surface area contributed by atoms with Gasteiger partial charge in [0.05, 0.1) is 5.69 Å². The van der Waals surface area contributed by atoms with E-state index in [9.17, 15) is 0 Å². The van der Waals surface area contributed by atoms with E-state index in [1.54, 1.807) is 6.20 Å². The molecule has 1 aromatic carbocycles. The molecule has 82 valence electrons. The van der Waals surface area contributed by atoms with Crippen molar-refractivity contribution in [2.45, 2.75) is 0 Å². The molecule has 0 amide bonds. The van der Waals surface area contributed by atoms with Crippen molar-refractivity contribution in [3.05, 3.63) is 48.7 Å². The summed E-state index contributed by atoms with van der Waals surface area (Å²) in [5, 5.41) is 9.99. The first kappa shape index (κ1) is 9.72. The SMILES string of the molecule is Nc1nnc(-c2ccccn2)c2ccccc12. The van der Waals surface area contributed by atoms with Gasteiger partial charge in [-0.2, -0.15) is 0 Å². The van der Waals surface area contributed by atoms with E-state index in [1.165, 1.54) is 0 Å². The van der Waals surface area contributed by atoms with E-state index in [0.717, 1.165) is 22.2 Å². The van der Waals surface area contributed by atoms with Crippen LogP contribution in [0.3, 0.4) is 0 Å². The molecule has 0 aliphatic rings. The van der Waals surface area contributed by atoms with Gasteiger partial charge >= 0.3 is 0 Å². The Labute approximate surface area is 98.1 Å². The maximum absolute atomic E-state index is 5.81. The number of fused-ring (bicyclic) bond motifs is 1. The molecule has 4 heteroatoms. The number of benzene rings is 1. The Morgan fingerprint density at radius 1 is 0.824 bits per heavy atom. The van der Waals surface area contributed by atoms with Gasteiger partial charge in [-0.1, -0.05) is 30.3 Å². The van der Waals surface area contributed by atoms with Crippen LogP contribution in [-0.4, -0.2) is 15.2 Å². The fourth-order valence-corrected chi connectivity index (χ4v) is 1.82. The van der Waals surface area contributed by atoms with E-state index in [4.69, 9.17) is 5.73 Å². The Kier molecular flexibility index (Phi) is 2.19. The van der Waals surface area contributed by atoms with Gasteiger partial charge in [0.2, 0.25) is 0 Å². The minimum absolute atomic E-state index is 0.445. The molecule has 0 saturated carbocycles. The van der Waals surface area contributed by atoms with Gasteiger partial charge in [-0.3, -0.25) is 4.98 Å². The van der Waals surface area contributed by atoms with Crippen molar-refractivity contribution in [1.82, 2.24) is 15.2 Å². The van der Waals surface area contributed by atoms with Crippen LogP contribution in [0.2, 0.25) is 0 Å². The summed E-state index contributed by atoms with van der Waals surface area (Å²) in [6, 6.07) is 13.5. The van der Waals surface area contributed by atoms with Crippen LogP contribution in [0, 0.1) is 0 Å². The van der Waals surface area contributed by atoms with Gasteiger partial charge < -0.3 is 5.73 Å². The quantitative estimate of drug-likeness (QED) is 0.686. The predicted octanol–water partition coefficient (Wildman–Crippen LogP) is 2.27. The molecule has 0 unspecified atom stereocenters. The summed E-state index contributed by atoms with van der Waals surface area (Å²) in [6.07, 6.45) is 1.74. The minimum atomic E-state index is 0.445. The zero-order chi connectivity index (χ0) is 11.7. The number of nitrogen functional groups attached to an aromatic ring is 1. The second kappa shape index (κ2) is 3.83. The van der Waals surface area contributed by atoms with Gasteiger partial charge in [0.1, 0.15) is 5.69 Å². The largest absolute Gasteiger partial charge is 0.382 e. The second-order valence-electron chi connectivity index (χ2n) is 3.69. The van der Waals surface area contributed by atoms with Crippen molar-refractivity contribution in [3.63, 3.8) is 0 Å². The lowest BCUT2D eigenvalue weighted by molar-refractivity contribution is 1.06. The van der Waals surface area contributed by atoms with Crippen molar-refractivity contribution in [3.8, 4) is 11.4 Å². The van der Waals surface area contributed by atoms with Gasteiger partial charge in [-0.15, -0.1) is 10.2 Å². The summed E-state index contributed by atoms with van der Waals surface area (Å²) in [5.74, 6) is 0.445. The summed E-state index contributed by atoms with van der Waals surface area (Å²) in [6.45, 7) is 0. The van der Waals surface area contributed by atoms with Gasteiger partial charge in [-0.25, -0.2) is 0 Å². The Morgan fingerprint density at radius 2 is 1.59 bits per heavy atom. The zero-order valence-electron chi connectivity index (χ0n) is 9.04. The van der Waals surface area contributed by atoms with E-state index >= 15 is 0 Å². The third-order valence-electron chi connectivity index (χ3n) is 2.62. The normalized spacial score (nSPS) is 10.6. The number of nitrogens with two attached hydrogens (primary N) is 1. The average Bonchev–Trinajstić information content (AvgIpc) is 2.41. The zero-order valence-corrected chi connectivity index (χ0v) is 9.04. The lowest BCUT2D eigenvalue weighted by atomic mass is 10.1. The average molecular weight is 222 g/mol. The Hall–Kier alpha value is -2.49. The Morgan fingerprint density at radius 3 is 2.35 bits per heavy atom. The molecule has 0 bridgehead atoms.